The summed E-state index contributed by atoms with van der Waals surface area (Å²) in [7, 11) is 0. The molecule has 1 N–H and O–H groups in total. The van der Waals surface area contributed by atoms with E-state index in [1.54, 1.807) is 18.3 Å². The van der Waals surface area contributed by atoms with E-state index in [-0.39, 0.29) is 11.8 Å². The maximum Gasteiger partial charge on any atom is 0.254 e. The van der Waals surface area contributed by atoms with E-state index in [2.05, 4.69) is 40.6 Å². The highest BCUT2D eigenvalue weighted by atomic mass is 32.2. The molecule has 4 rings (SSSR count). The van der Waals surface area contributed by atoms with Crippen molar-refractivity contribution < 1.29 is 9.59 Å². The first-order valence-corrected chi connectivity index (χ1v) is 11.6. The molecule has 0 spiro atoms. The van der Waals surface area contributed by atoms with E-state index < -0.39 is 0 Å². The van der Waals surface area contributed by atoms with Gasteiger partial charge in [-0.25, -0.2) is 4.98 Å². The third-order valence-electron chi connectivity index (χ3n) is 5.48. The Morgan fingerprint density at radius 1 is 1.10 bits per heavy atom. The Hall–Kier alpha value is -3.12. The van der Waals surface area contributed by atoms with Crippen molar-refractivity contribution in [3.05, 3.63) is 83.6 Å². The van der Waals surface area contributed by atoms with Crippen molar-refractivity contribution in [1.82, 2.24) is 15.2 Å². The Morgan fingerprint density at radius 2 is 1.90 bits per heavy atom. The Kier molecular flexibility index (Phi) is 6.67. The largest absolute Gasteiger partial charge is 0.348 e. The molecule has 5 nitrogen and oxygen atoms in total. The van der Waals surface area contributed by atoms with Gasteiger partial charge in [0.2, 0.25) is 5.91 Å². The maximum atomic E-state index is 12.7. The molecule has 1 saturated heterocycles. The lowest BCUT2D eigenvalue weighted by Gasteiger charge is -2.16. The lowest BCUT2D eigenvalue weighted by atomic mass is 9.98. The molecule has 3 aromatic rings. The van der Waals surface area contributed by atoms with Gasteiger partial charge in [0.15, 0.2) is 0 Å². The summed E-state index contributed by atoms with van der Waals surface area (Å²) in [5.41, 5.74) is 4.95. The molecule has 6 heteroatoms. The van der Waals surface area contributed by atoms with E-state index in [0.717, 1.165) is 40.2 Å². The molecular formula is C25H25N3O2S. The highest BCUT2D eigenvalue weighted by Gasteiger charge is 2.20. The topological polar surface area (TPSA) is 62.3 Å². The zero-order chi connectivity index (χ0) is 21.6. The Labute approximate surface area is 186 Å². The van der Waals surface area contributed by atoms with Gasteiger partial charge >= 0.3 is 0 Å². The maximum absolute atomic E-state index is 12.7. The highest BCUT2D eigenvalue weighted by Crippen LogP contribution is 2.25. The van der Waals surface area contributed by atoms with Crippen LogP contribution in [0.2, 0.25) is 0 Å². The predicted octanol–water partition coefficient (Wildman–Crippen LogP) is 4.52. The van der Waals surface area contributed by atoms with Gasteiger partial charge in [-0.3, -0.25) is 9.59 Å². The van der Waals surface area contributed by atoms with Crippen molar-refractivity contribution in [2.24, 2.45) is 0 Å². The molecule has 0 radical (unpaired) electrons. The third-order valence-corrected chi connectivity index (χ3v) is 6.19. The molecule has 31 heavy (non-hydrogen) atoms. The van der Waals surface area contributed by atoms with E-state index in [9.17, 15) is 9.59 Å². The molecule has 0 atom stereocenters. The number of amides is 2. The fraction of sp³-hybridized carbons (Fsp3) is 0.240. The van der Waals surface area contributed by atoms with Crippen molar-refractivity contribution in [3.8, 4) is 11.1 Å². The summed E-state index contributed by atoms with van der Waals surface area (Å²) in [6.45, 7) is 1.94. The van der Waals surface area contributed by atoms with Crippen LogP contribution in [0.5, 0.6) is 0 Å². The molecule has 1 aliphatic rings. The van der Waals surface area contributed by atoms with Crippen LogP contribution in [0.1, 0.15) is 34.3 Å². The van der Waals surface area contributed by atoms with Gasteiger partial charge < -0.3 is 10.2 Å². The quantitative estimate of drug-likeness (QED) is 0.559. The van der Waals surface area contributed by atoms with Gasteiger partial charge in [-0.1, -0.05) is 48.5 Å². The predicted molar refractivity (Wildman–Crippen MR) is 124 cm³/mol. The van der Waals surface area contributed by atoms with Crippen LogP contribution in [0.4, 0.5) is 0 Å². The Bertz CT molecular complexity index is 1080. The molecule has 2 amide bonds. The SMILES string of the molecule is CSc1ncccc1C(=O)NCc1ccccc1-c1ccc(CN2CCCC2=O)cc1. The van der Waals surface area contributed by atoms with Gasteiger partial charge in [0, 0.05) is 32.3 Å². The third kappa shape index (κ3) is 4.97. The number of rotatable bonds is 7. The van der Waals surface area contributed by atoms with Crippen LogP contribution in [0.15, 0.2) is 71.9 Å². The zero-order valence-electron chi connectivity index (χ0n) is 17.5. The summed E-state index contributed by atoms with van der Waals surface area (Å²) < 4.78 is 0. The first kappa shape index (κ1) is 21.1. The van der Waals surface area contributed by atoms with Crippen LogP contribution >= 0.6 is 11.8 Å². The van der Waals surface area contributed by atoms with Crippen molar-refractivity contribution in [2.45, 2.75) is 31.0 Å². The lowest BCUT2D eigenvalue weighted by molar-refractivity contribution is -0.128. The highest BCUT2D eigenvalue weighted by molar-refractivity contribution is 7.98. The fourth-order valence-electron chi connectivity index (χ4n) is 3.83. The first-order valence-electron chi connectivity index (χ1n) is 10.4. The molecule has 2 heterocycles. The van der Waals surface area contributed by atoms with E-state index >= 15 is 0 Å². The number of pyridine rings is 1. The average molecular weight is 432 g/mol. The second-order valence-electron chi connectivity index (χ2n) is 7.52. The normalized spacial score (nSPS) is 13.5. The second kappa shape index (κ2) is 9.79. The Balaban J connectivity index is 1.47. The van der Waals surface area contributed by atoms with Crippen molar-refractivity contribution >= 4 is 23.6 Å². The molecular weight excluding hydrogens is 406 g/mol. The molecule has 0 bridgehead atoms. The van der Waals surface area contributed by atoms with E-state index in [0.29, 0.717) is 25.1 Å². The van der Waals surface area contributed by atoms with Crippen LogP contribution in [-0.2, 0) is 17.9 Å². The van der Waals surface area contributed by atoms with Crippen molar-refractivity contribution in [3.63, 3.8) is 0 Å². The minimum atomic E-state index is -0.127. The van der Waals surface area contributed by atoms with Gasteiger partial charge in [0.25, 0.3) is 5.91 Å². The number of nitrogens with zero attached hydrogens (tertiary/aromatic N) is 2. The standard InChI is InChI=1S/C25H25N3O2S/c1-31-25-22(8-4-14-26-25)24(30)27-16-20-6-2-3-7-21(20)19-12-10-18(11-13-19)17-28-15-5-9-23(28)29/h2-4,6-8,10-14H,5,9,15-17H2,1H3,(H,27,30). The summed E-state index contributed by atoms with van der Waals surface area (Å²) in [5, 5.41) is 3.75. The summed E-state index contributed by atoms with van der Waals surface area (Å²) in [5.74, 6) is 0.112. The van der Waals surface area contributed by atoms with E-state index in [1.807, 2.05) is 29.4 Å². The molecule has 2 aromatic carbocycles. The van der Waals surface area contributed by atoms with E-state index in [4.69, 9.17) is 0 Å². The molecule has 158 valence electrons. The monoisotopic (exact) mass is 431 g/mol. The summed E-state index contributed by atoms with van der Waals surface area (Å²) in [4.78, 5) is 30.7. The van der Waals surface area contributed by atoms with Crippen LogP contribution in [0.3, 0.4) is 0 Å². The van der Waals surface area contributed by atoms with Crippen LogP contribution < -0.4 is 5.32 Å². The van der Waals surface area contributed by atoms with Crippen LogP contribution in [0, 0.1) is 0 Å². The minimum absolute atomic E-state index is 0.127. The number of aromatic nitrogens is 1. The van der Waals surface area contributed by atoms with Crippen molar-refractivity contribution in [2.75, 3.05) is 12.8 Å². The molecule has 0 saturated carbocycles. The molecule has 0 aliphatic carbocycles. The average Bonchev–Trinajstić information content (AvgIpc) is 3.22. The molecule has 1 aromatic heterocycles. The number of carbonyl (C=O) groups excluding carboxylic acids is 2. The number of thioether (sulfide) groups is 1. The molecule has 1 fully saturated rings. The second-order valence-corrected chi connectivity index (χ2v) is 8.31. The van der Waals surface area contributed by atoms with Crippen LogP contribution in [-0.4, -0.2) is 34.5 Å². The zero-order valence-corrected chi connectivity index (χ0v) is 18.3. The number of nitrogens with one attached hydrogen (secondary N) is 1. The van der Waals surface area contributed by atoms with Crippen LogP contribution in [0.25, 0.3) is 11.1 Å². The number of benzene rings is 2. The van der Waals surface area contributed by atoms with Gasteiger partial charge in [0.05, 0.1) is 5.56 Å². The summed E-state index contributed by atoms with van der Waals surface area (Å²) in [6.07, 6.45) is 5.22. The number of carbonyl (C=O) groups is 2. The number of hydrogen-bond acceptors (Lipinski definition) is 4. The smallest absolute Gasteiger partial charge is 0.254 e. The first-order chi connectivity index (χ1) is 15.2. The van der Waals surface area contributed by atoms with Gasteiger partial charge in [-0.05, 0) is 47.1 Å². The van der Waals surface area contributed by atoms with E-state index in [1.165, 1.54) is 11.8 Å². The molecule has 0 unspecified atom stereocenters. The van der Waals surface area contributed by atoms with Gasteiger partial charge in [0.1, 0.15) is 5.03 Å². The summed E-state index contributed by atoms with van der Waals surface area (Å²) >= 11 is 1.46. The van der Waals surface area contributed by atoms with Crippen molar-refractivity contribution in [1.29, 1.82) is 0 Å². The fourth-order valence-corrected chi connectivity index (χ4v) is 4.38. The Morgan fingerprint density at radius 3 is 2.65 bits per heavy atom. The van der Waals surface area contributed by atoms with Gasteiger partial charge in [-0.2, -0.15) is 0 Å². The molecule has 1 aliphatic heterocycles. The number of likely N-dealkylation sites (tertiary alicyclic amines) is 1. The number of hydrogen-bond donors (Lipinski definition) is 1. The lowest BCUT2D eigenvalue weighted by Crippen LogP contribution is -2.24. The summed E-state index contributed by atoms with van der Waals surface area (Å²) in [6, 6.07) is 20.0. The minimum Gasteiger partial charge on any atom is -0.348 e. The van der Waals surface area contributed by atoms with Gasteiger partial charge in [-0.15, -0.1) is 11.8 Å².